The summed E-state index contributed by atoms with van der Waals surface area (Å²) in [6.07, 6.45) is 0.259. The number of aryl methyl sites for hydroxylation is 2. The van der Waals surface area contributed by atoms with Crippen LogP contribution in [0.2, 0.25) is 0 Å². The summed E-state index contributed by atoms with van der Waals surface area (Å²) in [7, 11) is 1.58. The molecule has 3 N–H and O–H groups in total. The number of hydrogen-bond acceptors (Lipinski definition) is 4. The number of nitrogens with one attached hydrogen (secondary N) is 1. The van der Waals surface area contributed by atoms with Crippen molar-refractivity contribution in [3.05, 3.63) is 28.8 Å². The summed E-state index contributed by atoms with van der Waals surface area (Å²) in [5, 5.41) is 22.4. The van der Waals surface area contributed by atoms with Crippen molar-refractivity contribution in [3.8, 4) is 5.75 Å². The molecule has 0 aromatic heterocycles. The maximum Gasteiger partial charge on any atom is 0.121 e. The number of aliphatic hydroxyl groups excluding tert-OH is 1. The van der Waals surface area contributed by atoms with E-state index in [1.165, 1.54) is 0 Å². The third kappa shape index (κ3) is 4.64. The third-order valence-electron chi connectivity index (χ3n) is 2.89. The first kappa shape index (κ1) is 15.0. The van der Waals surface area contributed by atoms with Gasteiger partial charge in [0.25, 0.3) is 0 Å². The predicted molar refractivity (Wildman–Crippen MR) is 71.8 cm³/mol. The van der Waals surface area contributed by atoms with Gasteiger partial charge in [0.05, 0.1) is 12.7 Å². The summed E-state index contributed by atoms with van der Waals surface area (Å²) in [5.41, 5.74) is 2.93. The van der Waals surface area contributed by atoms with Crippen molar-refractivity contribution >= 4 is 0 Å². The Balaban J connectivity index is 2.36. The van der Waals surface area contributed by atoms with Gasteiger partial charge in [-0.15, -0.1) is 0 Å². The highest BCUT2D eigenvalue weighted by Crippen LogP contribution is 2.22. The Hall–Kier alpha value is -1.10. The number of phenolic OH excluding ortho intramolecular Hbond substituents is 1. The topological polar surface area (TPSA) is 61.7 Å². The van der Waals surface area contributed by atoms with Crippen LogP contribution in [0.15, 0.2) is 12.1 Å². The molecule has 0 spiro atoms. The molecular formula is C14H23NO3. The van der Waals surface area contributed by atoms with Crippen LogP contribution in [0.5, 0.6) is 5.75 Å². The second kappa shape index (κ2) is 7.36. The maximum absolute atomic E-state index is 9.67. The minimum absolute atomic E-state index is 0.370. The van der Waals surface area contributed by atoms with Gasteiger partial charge in [0.1, 0.15) is 5.75 Å². The lowest BCUT2D eigenvalue weighted by Crippen LogP contribution is -2.23. The van der Waals surface area contributed by atoms with Crippen molar-refractivity contribution < 1.29 is 14.9 Å². The third-order valence-corrected chi connectivity index (χ3v) is 2.89. The molecule has 102 valence electrons. The van der Waals surface area contributed by atoms with Crippen molar-refractivity contribution in [3.63, 3.8) is 0 Å². The monoisotopic (exact) mass is 253 g/mol. The first-order chi connectivity index (χ1) is 8.54. The molecule has 1 rings (SSSR count). The quantitative estimate of drug-likeness (QED) is 0.644. The van der Waals surface area contributed by atoms with Crippen LogP contribution in [0.1, 0.15) is 23.1 Å². The molecule has 1 atom stereocenters. The molecule has 0 aliphatic heterocycles. The Bertz CT molecular complexity index is 356. The van der Waals surface area contributed by atoms with Gasteiger partial charge in [0.2, 0.25) is 0 Å². The molecule has 0 saturated carbocycles. The molecule has 0 radical (unpaired) electrons. The molecule has 0 aliphatic carbocycles. The average Bonchev–Trinajstić information content (AvgIpc) is 2.32. The molecule has 0 saturated heterocycles. The average molecular weight is 253 g/mol. The predicted octanol–water partition coefficient (Wildman–Crippen LogP) is 1.50. The second-order valence-electron chi connectivity index (χ2n) is 4.65. The molecule has 1 unspecified atom stereocenters. The summed E-state index contributed by atoms with van der Waals surface area (Å²) in [4.78, 5) is 0. The molecule has 1 aromatic rings. The highest BCUT2D eigenvalue weighted by Gasteiger charge is 2.04. The highest BCUT2D eigenvalue weighted by molar-refractivity contribution is 5.42. The Morgan fingerprint density at radius 2 is 1.89 bits per heavy atom. The molecule has 0 fully saturated rings. The molecule has 0 bridgehead atoms. The van der Waals surface area contributed by atoms with Crippen molar-refractivity contribution in [1.82, 2.24) is 5.32 Å². The number of rotatable bonds is 7. The molecule has 18 heavy (non-hydrogen) atoms. The van der Waals surface area contributed by atoms with E-state index in [2.05, 4.69) is 5.32 Å². The molecule has 4 heteroatoms. The fourth-order valence-corrected chi connectivity index (χ4v) is 1.92. The van der Waals surface area contributed by atoms with Crippen molar-refractivity contribution in [2.24, 2.45) is 0 Å². The highest BCUT2D eigenvalue weighted by atomic mass is 16.5. The van der Waals surface area contributed by atoms with E-state index in [1.807, 2.05) is 26.0 Å². The summed E-state index contributed by atoms with van der Waals surface area (Å²) in [6.45, 7) is 5.65. The number of methoxy groups -OCH3 is 1. The fraction of sp³-hybridized carbons (Fsp3) is 0.571. The van der Waals surface area contributed by atoms with E-state index in [0.29, 0.717) is 18.8 Å². The number of phenols is 1. The van der Waals surface area contributed by atoms with E-state index in [-0.39, 0.29) is 0 Å². The van der Waals surface area contributed by atoms with E-state index in [1.54, 1.807) is 7.11 Å². The summed E-state index contributed by atoms with van der Waals surface area (Å²) in [5.74, 6) is 0.370. The zero-order valence-electron chi connectivity index (χ0n) is 11.4. The lowest BCUT2D eigenvalue weighted by atomic mass is 10.1. The van der Waals surface area contributed by atoms with Crippen molar-refractivity contribution in [1.29, 1.82) is 0 Å². The minimum atomic E-state index is -0.411. The Morgan fingerprint density at radius 3 is 2.44 bits per heavy atom. The van der Waals surface area contributed by atoms with Gasteiger partial charge in [-0.05, 0) is 43.5 Å². The van der Waals surface area contributed by atoms with Gasteiger partial charge in [-0.2, -0.15) is 0 Å². The van der Waals surface area contributed by atoms with Gasteiger partial charge < -0.3 is 20.3 Å². The fourth-order valence-electron chi connectivity index (χ4n) is 1.92. The molecule has 4 nitrogen and oxygen atoms in total. The van der Waals surface area contributed by atoms with Crippen LogP contribution in [0.3, 0.4) is 0 Å². The summed E-state index contributed by atoms with van der Waals surface area (Å²) in [6, 6.07) is 3.95. The number of aliphatic hydroxyl groups is 1. The largest absolute Gasteiger partial charge is 0.507 e. The van der Waals surface area contributed by atoms with Crippen LogP contribution in [0, 0.1) is 13.8 Å². The van der Waals surface area contributed by atoms with E-state index in [9.17, 15) is 10.2 Å². The van der Waals surface area contributed by atoms with E-state index >= 15 is 0 Å². The minimum Gasteiger partial charge on any atom is -0.507 e. The molecule has 0 heterocycles. The Kier molecular flexibility index (Phi) is 6.12. The smallest absolute Gasteiger partial charge is 0.121 e. The van der Waals surface area contributed by atoms with Gasteiger partial charge in [0.15, 0.2) is 0 Å². The molecule has 1 aromatic carbocycles. The zero-order chi connectivity index (χ0) is 13.5. The van der Waals surface area contributed by atoms with Crippen LogP contribution in [0.25, 0.3) is 0 Å². The molecule has 0 aliphatic rings. The van der Waals surface area contributed by atoms with Crippen molar-refractivity contribution in [2.75, 3.05) is 20.3 Å². The SMILES string of the molecule is COCC(O)CCNCc1cc(C)c(O)c(C)c1. The first-order valence-corrected chi connectivity index (χ1v) is 6.21. The second-order valence-corrected chi connectivity index (χ2v) is 4.65. The first-order valence-electron chi connectivity index (χ1n) is 6.21. The van der Waals surface area contributed by atoms with Crippen LogP contribution in [-0.2, 0) is 11.3 Å². The Labute approximate surface area is 109 Å². The molecule has 0 amide bonds. The lowest BCUT2D eigenvalue weighted by Gasteiger charge is -2.11. The van der Waals surface area contributed by atoms with Crippen LogP contribution < -0.4 is 5.32 Å². The normalized spacial score (nSPS) is 12.7. The van der Waals surface area contributed by atoms with Gasteiger partial charge >= 0.3 is 0 Å². The number of hydrogen-bond donors (Lipinski definition) is 3. The maximum atomic E-state index is 9.67. The van der Waals surface area contributed by atoms with Crippen LogP contribution in [-0.4, -0.2) is 36.6 Å². The number of ether oxygens (including phenoxy) is 1. The van der Waals surface area contributed by atoms with Gasteiger partial charge in [-0.1, -0.05) is 12.1 Å². The van der Waals surface area contributed by atoms with E-state index in [0.717, 1.165) is 29.8 Å². The lowest BCUT2D eigenvalue weighted by molar-refractivity contribution is 0.0594. The Morgan fingerprint density at radius 1 is 1.28 bits per heavy atom. The zero-order valence-corrected chi connectivity index (χ0v) is 11.4. The van der Waals surface area contributed by atoms with E-state index in [4.69, 9.17) is 4.74 Å². The molecular weight excluding hydrogens is 230 g/mol. The summed E-state index contributed by atoms with van der Waals surface area (Å²) < 4.78 is 4.86. The van der Waals surface area contributed by atoms with Crippen molar-refractivity contribution in [2.45, 2.75) is 32.9 Å². The van der Waals surface area contributed by atoms with E-state index < -0.39 is 6.10 Å². The van der Waals surface area contributed by atoms with Gasteiger partial charge in [-0.3, -0.25) is 0 Å². The van der Waals surface area contributed by atoms with Gasteiger partial charge in [0, 0.05) is 13.7 Å². The standard InChI is InChI=1S/C14H23NO3/c1-10-6-12(7-11(2)14(10)17)8-15-5-4-13(16)9-18-3/h6-7,13,15-17H,4-5,8-9H2,1-3H3. The van der Waals surface area contributed by atoms with Crippen LogP contribution in [0.4, 0.5) is 0 Å². The number of benzene rings is 1. The van der Waals surface area contributed by atoms with Crippen LogP contribution >= 0.6 is 0 Å². The summed E-state index contributed by atoms with van der Waals surface area (Å²) >= 11 is 0. The number of aromatic hydroxyl groups is 1. The van der Waals surface area contributed by atoms with Gasteiger partial charge in [-0.25, -0.2) is 0 Å².